The molecule has 0 N–H and O–H groups in total. The van der Waals surface area contributed by atoms with E-state index in [0.717, 1.165) is 109 Å². The molecule has 0 aliphatic rings. The van der Waals surface area contributed by atoms with Crippen LogP contribution in [-0.4, -0.2) is 37.2 Å². The molecule has 0 aromatic heterocycles. The standard InChI is InChI=1S/C64H110O6/c1-4-7-10-13-16-18-20-22-23-24-25-26-27-28-29-30-31-32-33-34-35-36-37-38-39-40-41-43-44-46-48-51-54-57-63(66)69-60-61(59-68-62(65)56-53-50-15-12-9-6-3)70-64(67)58-55-52-49-47-45-42-21-19-17-14-11-8-5-2/h7-8,10-11,16-19,22-23,25-26,42,45,61H,4-6,9,12-15,20-21,24,27-41,43-44,46-60H2,1-3H3/b10-7-,11-8-,18-16-,19-17-,23-22-,26-25-,45-42-. The van der Waals surface area contributed by atoms with E-state index in [1.54, 1.807) is 0 Å². The summed E-state index contributed by atoms with van der Waals surface area (Å²) in [6.07, 6.45) is 76.4. The van der Waals surface area contributed by atoms with E-state index < -0.39 is 6.10 Å². The molecule has 0 aromatic carbocycles. The van der Waals surface area contributed by atoms with Gasteiger partial charge < -0.3 is 14.2 Å². The van der Waals surface area contributed by atoms with Gasteiger partial charge in [-0.2, -0.15) is 0 Å². The van der Waals surface area contributed by atoms with Gasteiger partial charge in [0, 0.05) is 19.3 Å². The van der Waals surface area contributed by atoms with Crippen molar-refractivity contribution in [2.75, 3.05) is 13.2 Å². The first-order chi connectivity index (χ1) is 34.5. The Morgan fingerprint density at radius 3 is 0.886 bits per heavy atom. The third kappa shape index (κ3) is 55.5. The normalized spacial score (nSPS) is 12.7. The van der Waals surface area contributed by atoms with E-state index in [1.165, 1.54) is 135 Å². The Kier molecular flexibility index (Phi) is 55.3. The molecule has 0 saturated heterocycles. The monoisotopic (exact) mass is 975 g/mol. The Morgan fingerprint density at radius 1 is 0.300 bits per heavy atom. The third-order valence-electron chi connectivity index (χ3n) is 12.6. The van der Waals surface area contributed by atoms with Crippen molar-refractivity contribution in [2.24, 2.45) is 0 Å². The van der Waals surface area contributed by atoms with Gasteiger partial charge in [0.15, 0.2) is 6.10 Å². The first kappa shape index (κ1) is 66.6. The molecule has 6 nitrogen and oxygen atoms in total. The molecule has 402 valence electrons. The smallest absolute Gasteiger partial charge is 0.306 e. The highest BCUT2D eigenvalue weighted by atomic mass is 16.6. The predicted molar refractivity (Wildman–Crippen MR) is 302 cm³/mol. The predicted octanol–water partition coefficient (Wildman–Crippen LogP) is 19.9. The van der Waals surface area contributed by atoms with Gasteiger partial charge in [-0.1, -0.05) is 260 Å². The highest BCUT2D eigenvalue weighted by Gasteiger charge is 2.19. The van der Waals surface area contributed by atoms with E-state index in [1.807, 2.05) is 0 Å². The van der Waals surface area contributed by atoms with Crippen LogP contribution in [0.25, 0.3) is 0 Å². The maximum absolute atomic E-state index is 12.7. The molecule has 0 spiro atoms. The van der Waals surface area contributed by atoms with Crippen LogP contribution in [0.3, 0.4) is 0 Å². The molecule has 6 heteroatoms. The number of carbonyl (C=O) groups excluding carboxylic acids is 3. The van der Waals surface area contributed by atoms with E-state index in [9.17, 15) is 14.4 Å². The number of rotatable bonds is 53. The summed E-state index contributed by atoms with van der Waals surface area (Å²) in [6.45, 7) is 6.34. The van der Waals surface area contributed by atoms with E-state index in [2.05, 4.69) is 106 Å². The lowest BCUT2D eigenvalue weighted by Gasteiger charge is -2.18. The van der Waals surface area contributed by atoms with Gasteiger partial charge in [-0.15, -0.1) is 0 Å². The number of esters is 3. The minimum Gasteiger partial charge on any atom is -0.462 e. The van der Waals surface area contributed by atoms with Gasteiger partial charge in [0.25, 0.3) is 0 Å². The number of ether oxygens (including phenoxy) is 3. The quantitative estimate of drug-likeness (QED) is 0.0261. The Morgan fingerprint density at radius 2 is 0.557 bits per heavy atom. The fraction of sp³-hybridized carbons (Fsp3) is 0.734. The van der Waals surface area contributed by atoms with E-state index in [0.29, 0.717) is 19.3 Å². The van der Waals surface area contributed by atoms with Gasteiger partial charge in [-0.3, -0.25) is 14.4 Å². The lowest BCUT2D eigenvalue weighted by Crippen LogP contribution is -2.30. The molecule has 0 bridgehead atoms. The summed E-state index contributed by atoms with van der Waals surface area (Å²) in [6, 6.07) is 0. The SMILES string of the molecule is CC/C=C\C/C=C\C/C=C\C/C=C\CCCCCCCCCCCCCCCCCCCCCCC(=O)OCC(COC(=O)CCCCCCCC)OC(=O)CCCCC/C=C\C/C=C\C/C=C\CC. The number of carbonyl (C=O) groups is 3. The first-order valence-electron chi connectivity index (χ1n) is 29.6. The molecule has 70 heavy (non-hydrogen) atoms. The second-order valence-electron chi connectivity index (χ2n) is 19.5. The zero-order valence-corrected chi connectivity index (χ0v) is 46.0. The van der Waals surface area contributed by atoms with Crippen molar-refractivity contribution in [2.45, 2.75) is 290 Å². The first-order valence-corrected chi connectivity index (χ1v) is 29.6. The molecule has 0 amide bonds. The zero-order chi connectivity index (χ0) is 50.7. The van der Waals surface area contributed by atoms with Gasteiger partial charge in [0.2, 0.25) is 0 Å². The summed E-state index contributed by atoms with van der Waals surface area (Å²) in [5, 5.41) is 0. The van der Waals surface area contributed by atoms with Crippen LogP contribution in [0.15, 0.2) is 85.1 Å². The average molecular weight is 976 g/mol. The number of hydrogen-bond donors (Lipinski definition) is 0. The van der Waals surface area contributed by atoms with Gasteiger partial charge in [-0.25, -0.2) is 0 Å². The number of hydrogen-bond acceptors (Lipinski definition) is 6. The molecule has 0 heterocycles. The van der Waals surface area contributed by atoms with Gasteiger partial charge in [-0.05, 0) is 89.9 Å². The van der Waals surface area contributed by atoms with Crippen molar-refractivity contribution >= 4 is 17.9 Å². The fourth-order valence-electron chi connectivity index (χ4n) is 8.27. The number of allylic oxidation sites excluding steroid dienone is 14. The fourth-order valence-corrected chi connectivity index (χ4v) is 8.27. The largest absolute Gasteiger partial charge is 0.462 e. The minimum atomic E-state index is -0.785. The molecule has 0 aliphatic carbocycles. The maximum atomic E-state index is 12.7. The van der Waals surface area contributed by atoms with Crippen molar-refractivity contribution in [3.63, 3.8) is 0 Å². The van der Waals surface area contributed by atoms with Crippen LogP contribution >= 0.6 is 0 Å². The zero-order valence-electron chi connectivity index (χ0n) is 46.0. The molecule has 1 unspecified atom stereocenters. The van der Waals surface area contributed by atoms with E-state index >= 15 is 0 Å². The second kappa shape index (κ2) is 58.2. The van der Waals surface area contributed by atoms with Crippen LogP contribution in [0.4, 0.5) is 0 Å². The number of unbranched alkanes of at least 4 members (excludes halogenated alkanes) is 28. The topological polar surface area (TPSA) is 78.9 Å². The Hall–Kier alpha value is -3.41. The van der Waals surface area contributed by atoms with Gasteiger partial charge >= 0.3 is 17.9 Å². The minimum absolute atomic E-state index is 0.0850. The molecule has 0 aliphatic heterocycles. The third-order valence-corrected chi connectivity index (χ3v) is 12.6. The lowest BCUT2D eigenvalue weighted by molar-refractivity contribution is -0.167. The molecule has 0 saturated carbocycles. The summed E-state index contributed by atoms with van der Waals surface area (Å²) in [4.78, 5) is 37.8. The van der Waals surface area contributed by atoms with Crippen molar-refractivity contribution < 1.29 is 28.6 Å². The average Bonchev–Trinajstić information content (AvgIpc) is 3.36. The van der Waals surface area contributed by atoms with Gasteiger partial charge in [0.05, 0.1) is 0 Å². The summed E-state index contributed by atoms with van der Waals surface area (Å²) in [7, 11) is 0. The molecular weight excluding hydrogens is 865 g/mol. The van der Waals surface area contributed by atoms with Crippen molar-refractivity contribution in [1.82, 2.24) is 0 Å². The molecular formula is C64H110O6. The summed E-state index contributed by atoms with van der Waals surface area (Å²) < 4.78 is 16.7. The van der Waals surface area contributed by atoms with Crippen LogP contribution in [-0.2, 0) is 28.6 Å². The van der Waals surface area contributed by atoms with Crippen LogP contribution in [0, 0.1) is 0 Å². The molecule has 0 aromatic rings. The van der Waals surface area contributed by atoms with Gasteiger partial charge in [0.1, 0.15) is 13.2 Å². The van der Waals surface area contributed by atoms with Crippen LogP contribution in [0.2, 0.25) is 0 Å². The second-order valence-corrected chi connectivity index (χ2v) is 19.5. The van der Waals surface area contributed by atoms with Crippen LogP contribution < -0.4 is 0 Å². The van der Waals surface area contributed by atoms with Crippen molar-refractivity contribution in [3.05, 3.63) is 85.1 Å². The highest BCUT2D eigenvalue weighted by molar-refractivity contribution is 5.71. The Bertz CT molecular complexity index is 1350. The summed E-state index contributed by atoms with van der Waals surface area (Å²) >= 11 is 0. The van der Waals surface area contributed by atoms with Crippen molar-refractivity contribution in [3.8, 4) is 0 Å². The summed E-state index contributed by atoms with van der Waals surface area (Å²) in [5.41, 5.74) is 0. The van der Waals surface area contributed by atoms with Crippen molar-refractivity contribution in [1.29, 1.82) is 0 Å². The highest BCUT2D eigenvalue weighted by Crippen LogP contribution is 2.16. The summed E-state index contributed by atoms with van der Waals surface area (Å²) in [5.74, 6) is -0.919. The molecule has 0 rings (SSSR count). The Labute approximate surface area is 433 Å². The maximum Gasteiger partial charge on any atom is 0.306 e. The lowest BCUT2D eigenvalue weighted by atomic mass is 10.0. The molecule has 0 fully saturated rings. The Balaban J connectivity index is 3.95. The molecule has 0 radical (unpaired) electrons. The van der Waals surface area contributed by atoms with E-state index in [-0.39, 0.29) is 31.1 Å². The van der Waals surface area contributed by atoms with E-state index in [4.69, 9.17) is 14.2 Å². The van der Waals surface area contributed by atoms with Crippen LogP contribution in [0.5, 0.6) is 0 Å². The van der Waals surface area contributed by atoms with Crippen LogP contribution in [0.1, 0.15) is 284 Å². The molecule has 1 atom stereocenters.